The van der Waals surface area contributed by atoms with Gasteiger partial charge in [0.25, 0.3) is 0 Å². The monoisotopic (exact) mass is 234 g/mol. The summed E-state index contributed by atoms with van der Waals surface area (Å²) in [7, 11) is 5.77. The molecule has 0 fully saturated rings. The van der Waals surface area contributed by atoms with Gasteiger partial charge in [0, 0.05) is 14.2 Å². The Bertz CT molecular complexity index is 164. The van der Waals surface area contributed by atoms with Crippen LogP contribution in [0, 0.1) is 0 Å². The Morgan fingerprint density at radius 3 is 2.20 bits per heavy atom. The topological polar surface area (TPSA) is 33.7 Å². The van der Waals surface area contributed by atoms with E-state index in [0.717, 1.165) is 19.0 Å². The normalized spacial score (nSPS) is 14.6. The molecule has 0 rings (SSSR count). The van der Waals surface area contributed by atoms with E-state index in [0.29, 0.717) is 6.17 Å². The van der Waals surface area contributed by atoms with Gasteiger partial charge in [0.2, 0.25) is 0 Å². The number of hydrogen-bond donors (Lipinski definition) is 1. The molecular formula is C10H26N2O2Si. The number of nitrogens with one attached hydrogen (secondary N) is 1. The quantitative estimate of drug-likeness (QED) is 0.389. The molecule has 1 atom stereocenters. The third-order valence-corrected chi connectivity index (χ3v) is 5.87. The van der Waals surface area contributed by atoms with Crippen molar-refractivity contribution in [3.63, 3.8) is 0 Å². The highest BCUT2D eigenvalue weighted by atomic mass is 28.4. The van der Waals surface area contributed by atoms with Crippen LogP contribution in [0.1, 0.15) is 13.3 Å². The summed E-state index contributed by atoms with van der Waals surface area (Å²) in [6, 6.07) is 1.03. The number of rotatable bonds is 8. The SMILES string of the molecule is CO[Si](C)(CCCNC(C)N(C)C)OC. The van der Waals surface area contributed by atoms with E-state index >= 15 is 0 Å². The van der Waals surface area contributed by atoms with Crippen molar-refractivity contribution in [3.05, 3.63) is 0 Å². The molecule has 1 unspecified atom stereocenters. The average Bonchev–Trinajstić information content (AvgIpc) is 2.23. The first-order chi connectivity index (χ1) is 6.95. The zero-order valence-electron chi connectivity index (χ0n) is 11.0. The molecule has 92 valence electrons. The van der Waals surface area contributed by atoms with Crippen LogP contribution in [-0.2, 0) is 8.85 Å². The average molecular weight is 234 g/mol. The van der Waals surface area contributed by atoms with Gasteiger partial charge in [-0.2, -0.15) is 0 Å². The molecule has 0 saturated carbocycles. The molecule has 4 nitrogen and oxygen atoms in total. The minimum Gasteiger partial charge on any atom is -0.398 e. The molecule has 0 amide bonds. The lowest BCUT2D eigenvalue weighted by Gasteiger charge is -2.24. The van der Waals surface area contributed by atoms with Crippen molar-refractivity contribution in [3.8, 4) is 0 Å². The first-order valence-electron chi connectivity index (χ1n) is 5.45. The fourth-order valence-electron chi connectivity index (χ4n) is 1.19. The van der Waals surface area contributed by atoms with Crippen molar-refractivity contribution < 1.29 is 8.85 Å². The first-order valence-corrected chi connectivity index (χ1v) is 7.97. The predicted molar refractivity (Wildman–Crippen MR) is 66.2 cm³/mol. The molecule has 0 aromatic rings. The van der Waals surface area contributed by atoms with E-state index in [1.807, 2.05) is 0 Å². The fourth-order valence-corrected chi connectivity index (χ4v) is 2.58. The summed E-state index contributed by atoms with van der Waals surface area (Å²) in [6.07, 6.45) is 1.52. The van der Waals surface area contributed by atoms with E-state index in [1.165, 1.54) is 0 Å². The van der Waals surface area contributed by atoms with Crippen LogP contribution < -0.4 is 5.32 Å². The van der Waals surface area contributed by atoms with E-state index < -0.39 is 8.56 Å². The summed E-state index contributed by atoms with van der Waals surface area (Å²) < 4.78 is 10.8. The molecule has 0 aliphatic heterocycles. The van der Waals surface area contributed by atoms with Crippen molar-refractivity contribution in [2.75, 3.05) is 34.9 Å². The lowest BCUT2D eigenvalue weighted by atomic mass is 10.4. The molecule has 0 aromatic carbocycles. The van der Waals surface area contributed by atoms with Crippen LogP contribution >= 0.6 is 0 Å². The Morgan fingerprint density at radius 2 is 1.80 bits per heavy atom. The smallest absolute Gasteiger partial charge is 0.334 e. The lowest BCUT2D eigenvalue weighted by Crippen LogP contribution is -2.41. The number of hydrogen-bond acceptors (Lipinski definition) is 4. The Hall–Kier alpha value is 0.0569. The Kier molecular flexibility index (Phi) is 7.38. The van der Waals surface area contributed by atoms with Crippen molar-refractivity contribution in [1.82, 2.24) is 10.2 Å². The van der Waals surface area contributed by atoms with Crippen molar-refractivity contribution in [2.24, 2.45) is 0 Å². The molecule has 0 radical (unpaired) electrons. The van der Waals surface area contributed by atoms with Gasteiger partial charge in [-0.05, 0) is 46.6 Å². The molecule has 5 heteroatoms. The van der Waals surface area contributed by atoms with Gasteiger partial charge in [0.15, 0.2) is 0 Å². The molecular weight excluding hydrogens is 208 g/mol. The molecule has 15 heavy (non-hydrogen) atoms. The Balaban J connectivity index is 3.62. The maximum Gasteiger partial charge on any atom is 0.334 e. The fraction of sp³-hybridized carbons (Fsp3) is 1.00. The van der Waals surface area contributed by atoms with E-state index in [-0.39, 0.29) is 0 Å². The highest BCUT2D eigenvalue weighted by molar-refractivity contribution is 6.65. The summed E-state index contributed by atoms with van der Waals surface area (Å²) in [4.78, 5) is 2.16. The van der Waals surface area contributed by atoms with E-state index in [9.17, 15) is 0 Å². The van der Waals surface area contributed by atoms with Crippen LogP contribution in [-0.4, -0.2) is 54.5 Å². The van der Waals surface area contributed by atoms with E-state index in [4.69, 9.17) is 8.85 Å². The van der Waals surface area contributed by atoms with Crippen LogP contribution in [0.3, 0.4) is 0 Å². The van der Waals surface area contributed by atoms with Gasteiger partial charge in [0.1, 0.15) is 0 Å². The van der Waals surface area contributed by atoms with Crippen LogP contribution in [0.25, 0.3) is 0 Å². The minimum absolute atomic E-state index is 0.419. The molecule has 0 heterocycles. The second kappa shape index (κ2) is 7.35. The third-order valence-electron chi connectivity index (χ3n) is 2.89. The molecule has 0 aliphatic carbocycles. The molecule has 0 saturated heterocycles. The minimum atomic E-state index is -1.85. The second-order valence-corrected chi connectivity index (χ2v) is 7.82. The van der Waals surface area contributed by atoms with Gasteiger partial charge in [-0.25, -0.2) is 0 Å². The Labute approximate surface area is 95.2 Å². The van der Waals surface area contributed by atoms with Gasteiger partial charge >= 0.3 is 8.56 Å². The van der Waals surface area contributed by atoms with Crippen molar-refractivity contribution in [2.45, 2.75) is 32.1 Å². The lowest BCUT2D eigenvalue weighted by molar-refractivity contribution is 0.244. The first kappa shape index (κ1) is 15.1. The van der Waals surface area contributed by atoms with Gasteiger partial charge in [-0.3, -0.25) is 4.90 Å². The summed E-state index contributed by atoms with van der Waals surface area (Å²) >= 11 is 0. The van der Waals surface area contributed by atoms with E-state index in [2.05, 4.69) is 37.8 Å². The summed E-state index contributed by atoms with van der Waals surface area (Å²) in [6.45, 7) is 5.26. The summed E-state index contributed by atoms with van der Waals surface area (Å²) in [5.41, 5.74) is 0. The van der Waals surface area contributed by atoms with Gasteiger partial charge in [-0.15, -0.1) is 0 Å². The van der Waals surface area contributed by atoms with Crippen molar-refractivity contribution in [1.29, 1.82) is 0 Å². The zero-order chi connectivity index (χ0) is 11.9. The standard InChI is InChI=1S/C10H26N2O2Si/c1-10(12(2)3)11-8-7-9-15(6,13-4)14-5/h10-11H,7-9H2,1-6H3. The van der Waals surface area contributed by atoms with E-state index in [1.54, 1.807) is 14.2 Å². The molecule has 0 aliphatic rings. The maximum atomic E-state index is 5.42. The largest absolute Gasteiger partial charge is 0.398 e. The highest BCUT2D eigenvalue weighted by Gasteiger charge is 2.27. The van der Waals surface area contributed by atoms with Crippen LogP contribution in [0.2, 0.25) is 12.6 Å². The number of nitrogens with zero attached hydrogens (tertiary/aromatic N) is 1. The third kappa shape index (κ3) is 6.27. The van der Waals surface area contributed by atoms with Crippen LogP contribution in [0.5, 0.6) is 0 Å². The molecule has 0 spiro atoms. The van der Waals surface area contributed by atoms with Gasteiger partial charge < -0.3 is 14.2 Å². The predicted octanol–water partition coefficient (Wildman–Crippen LogP) is 1.24. The van der Waals surface area contributed by atoms with Crippen LogP contribution in [0.4, 0.5) is 0 Å². The second-order valence-electron chi connectivity index (χ2n) is 4.24. The van der Waals surface area contributed by atoms with Crippen LogP contribution in [0.15, 0.2) is 0 Å². The molecule has 0 aromatic heterocycles. The van der Waals surface area contributed by atoms with Gasteiger partial charge in [-0.1, -0.05) is 0 Å². The van der Waals surface area contributed by atoms with Gasteiger partial charge in [0.05, 0.1) is 6.17 Å². The summed E-state index contributed by atoms with van der Waals surface area (Å²) in [5.74, 6) is 0. The molecule has 1 N–H and O–H groups in total. The van der Waals surface area contributed by atoms with Crippen molar-refractivity contribution >= 4 is 8.56 Å². The summed E-state index contributed by atoms with van der Waals surface area (Å²) in [5, 5.41) is 3.44. The Morgan fingerprint density at radius 1 is 1.27 bits per heavy atom. The highest BCUT2D eigenvalue weighted by Crippen LogP contribution is 2.12. The molecule has 0 bridgehead atoms. The zero-order valence-corrected chi connectivity index (χ0v) is 12.0. The maximum absolute atomic E-state index is 5.42.